The van der Waals surface area contributed by atoms with Crippen LogP contribution in [-0.2, 0) is 0 Å². The monoisotopic (exact) mass is 102 g/mol. The lowest BCUT2D eigenvalue weighted by Crippen LogP contribution is -2.37. The van der Waals surface area contributed by atoms with Gasteiger partial charge in [0.2, 0.25) is 0 Å². The summed E-state index contributed by atoms with van der Waals surface area (Å²) in [7, 11) is -0.0810. The third kappa shape index (κ3) is 4.18. The van der Waals surface area contributed by atoms with Crippen molar-refractivity contribution >= 4 is 9.52 Å². The molecule has 37 valence electrons. The van der Waals surface area contributed by atoms with E-state index in [1.807, 2.05) is 6.92 Å². The highest BCUT2D eigenvalue weighted by molar-refractivity contribution is 6.38. The van der Waals surface area contributed by atoms with Gasteiger partial charge in [0.1, 0.15) is 0 Å². The minimum absolute atomic E-state index is 0.0694. The van der Waals surface area contributed by atoms with E-state index in [1.54, 1.807) is 0 Å². The Labute approximate surface area is 41.7 Å². The van der Waals surface area contributed by atoms with E-state index in [9.17, 15) is 0 Å². The van der Waals surface area contributed by atoms with Gasteiger partial charge in [-0.1, -0.05) is 13.5 Å². The standard InChI is InChI=1S/C4H12NSi/c1-4(2,5)6-3/h1,5-6H2,2-3H3. The van der Waals surface area contributed by atoms with Crippen molar-refractivity contribution in [1.82, 2.24) is 0 Å². The molecular weight excluding hydrogens is 90.1 g/mol. The third-order valence-corrected chi connectivity index (χ3v) is 2.42. The molecule has 2 N–H and O–H groups in total. The average molecular weight is 102 g/mol. The lowest BCUT2D eigenvalue weighted by molar-refractivity contribution is 0.813. The van der Waals surface area contributed by atoms with E-state index in [2.05, 4.69) is 13.5 Å². The molecule has 1 atom stereocenters. The molecule has 0 aliphatic carbocycles. The first kappa shape index (κ1) is 6.18. The zero-order valence-corrected chi connectivity index (χ0v) is 5.91. The second-order valence-corrected chi connectivity index (χ2v) is 4.33. The van der Waals surface area contributed by atoms with Gasteiger partial charge >= 0.3 is 0 Å². The maximum absolute atomic E-state index is 5.49. The number of nitrogens with two attached hydrogens (primary N) is 1. The summed E-state index contributed by atoms with van der Waals surface area (Å²) in [5.74, 6) is 0. The summed E-state index contributed by atoms with van der Waals surface area (Å²) in [5.41, 5.74) is 5.49. The van der Waals surface area contributed by atoms with Crippen LogP contribution in [0, 0.1) is 6.92 Å². The van der Waals surface area contributed by atoms with Gasteiger partial charge in [-0.2, -0.15) is 0 Å². The molecule has 1 radical (unpaired) electrons. The Kier molecular flexibility index (Phi) is 1.81. The summed E-state index contributed by atoms with van der Waals surface area (Å²) in [4.78, 5) is 0. The quantitative estimate of drug-likeness (QED) is 0.452. The van der Waals surface area contributed by atoms with Crippen molar-refractivity contribution in [1.29, 1.82) is 0 Å². The Balaban J connectivity index is 3.17. The molecule has 0 saturated carbocycles. The van der Waals surface area contributed by atoms with E-state index in [0.29, 0.717) is 0 Å². The van der Waals surface area contributed by atoms with E-state index in [-0.39, 0.29) is 14.7 Å². The summed E-state index contributed by atoms with van der Waals surface area (Å²) >= 11 is 0. The SMILES string of the molecule is [CH2]C(C)(N)[SiH2]C. The zero-order chi connectivity index (χ0) is 5.21. The molecule has 0 fully saturated rings. The van der Waals surface area contributed by atoms with Crippen molar-refractivity contribution in [3.05, 3.63) is 6.92 Å². The first-order chi connectivity index (χ1) is 2.56. The van der Waals surface area contributed by atoms with Crippen molar-refractivity contribution in [2.75, 3.05) is 0 Å². The summed E-state index contributed by atoms with van der Waals surface area (Å²) in [6.45, 7) is 7.86. The molecule has 6 heavy (non-hydrogen) atoms. The van der Waals surface area contributed by atoms with Gasteiger partial charge in [0.05, 0.1) is 0 Å². The molecule has 0 amide bonds. The Morgan fingerprint density at radius 2 is 2.00 bits per heavy atom. The number of hydrogen-bond acceptors (Lipinski definition) is 1. The average Bonchev–Trinajstić information content (AvgIpc) is 1.35. The second-order valence-electron chi connectivity index (χ2n) is 2.01. The van der Waals surface area contributed by atoms with Crippen molar-refractivity contribution in [2.45, 2.75) is 18.6 Å². The molecule has 1 unspecified atom stereocenters. The summed E-state index contributed by atoms with van der Waals surface area (Å²) in [5, 5.41) is -0.0694. The van der Waals surface area contributed by atoms with E-state index < -0.39 is 0 Å². The Bertz CT molecular complexity index is 37.3. The van der Waals surface area contributed by atoms with Gasteiger partial charge in [0.15, 0.2) is 0 Å². The van der Waals surface area contributed by atoms with Gasteiger partial charge in [-0.25, -0.2) is 0 Å². The molecule has 0 heterocycles. The van der Waals surface area contributed by atoms with E-state index in [0.717, 1.165) is 0 Å². The highest BCUT2D eigenvalue weighted by Crippen LogP contribution is 1.88. The van der Waals surface area contributed by atoms with Crippen LogP contribution in [0.25, 0.3) is 0 Å². The topological polar surface area (TPSA) is 26.0 Å². The molecule has 0 spiro atoms. The van der Waals surface area contributed by atoms with Gasteiger partial charge in [-0.3, -0.25) is 0 Å². The van der Waals surface area contributed by atoms with Crippen molar-refractivity contribution < 1.29 is 0 Å². The molecule has 0 aromatic heterocycles. The summed E-state index contributed by atoms with van der Waals surface area (Å²) in [6, 6.07) is 0. The molecule has 0 rings (SSSR count). The highest BCUT2D eigenvalue weighted by atomic mass is 28.2. The summed E-state index contributed by atoms with van der Waals surface area (Å²) < 4.78 is 0. The largest absolute Gasteiger partial charge is 0.329 e. The maximum atomic E-state index is 5.49. The Morgan fingerprint density at radius 1 is 1.83 bits per heavy atom. The van der Waals surface area contributed by atoms with Crippen molar-refractivity contribution in [2.24, 2.45) is 5.73 Å². The zero-order valence-electron chi connectivity index (χ0n) is 4.49. The van der Waals surface area contributed by atoms with Gasteiger partial charge in [-0.15, -0.1) is 0 Å². The van der Waals surface area contributed by atoms with E-state index >= 15 is 0 Å². The van der Waals surface area contributed by atoms with Crippen LogP contribution in [0.4, 0.5) is 0 Å². The van der Waals surface area contributed by atoms with Crippen LogP contribution < -0.4 is 5.73 Å². The molecule has 1 nitrogen and oxygen atoms in total. The fraction of sp³-hybridized carbons (Fsp3) is 0.750. The van der Waals surface area contributed by atoms with E-state index in [4.69, 9.17) is 5.73 Å². The smallest absolute Gasteiger partial charge is 0.0407 e. The first-order valence-electron chi connectivity index (χ1n) is 2.20. The van der Waals surface area contributed by atoms with Crippen LogP contribution in [0.5, 0.6) is 0 Å². The van der Waals surface area contributed by atoms with Crippen LogP contribution in [0.1, 0.15) is 6.92 Å². The number of hydrogen-bond donors (Lipinski definition) is 1. The normalized spacial score (nSPS) is 14.0. The molecule has 2 heteroatoms. The molecule has 0 saturated heterocycles. The number of rotatable bonds is 1. The maximum Gasteiger partial charge on any atom is 0.0407 e. The van der Waals surface area contributed by atoms with Crippen molar-refractivity contribution in [3.8, 4) is 0 Å². The lowest BCUT2D eigenvalue weighted by Gasteiger charge is -2.12. The minimum atomic E-state index is -0.0810. The lowest BCUT2D eigenvalue weighted by atomic mass is 10.4. The Hall–Kier alpha value is 0.177. The molecule has 0 aliphatic heterocycles. The highest BCUT2D eigenvalue weighted by Gasteiger charge is 2.04. The predicted molar refractivity (Wildman–Crippen MR) is 32.4 cm³/mol. The Morgan fingerprint density at radius 3 is 2.00 bits per heavy atom. The first-order valence-corrected chi connectivity index (χ1v) is 4.32. The fourth-order valence-electron chi connectivity index (χ4n) is 0. The molecular formula is C4H12NSi. The molecule has 0 aliphatic rings. The van der Waals surface area contributed by atoms with Crippen LogP contribution in [-0.4, -0.2) is 14.7 Å². The minimum Gasteiger partial charge on any atom is -0.329 e. The molecule has 0 aromatic carbocycles. The van der Waals surface area contributed by atoms with Gasteiger partial charge in [-0.05, 0) is 12.1 Å². The fourth-order valence-corrected chi connectivity index (χ4v) is 0. The van der Waals surface area contributed by atoms with Gasteiger partial charge in [0.25, 0.3) is 0 Å². The molecule has 0 aromatic rings. The van der Waals surface area contributed by atoms with Gasteiger partial charge < -0.3 is 5.73 Å². The van der Waals surface area contributed by atoms with Crippen LogP contribution in [0.2, 0.25) is 6.55 Å². The molecule has 0 bridgehead atoms. The van der Waals surface area contributed by atoms with Crippen LogP contribution in [0.3, 0.4) is 0 Å². The van der Waals surface area contributed by atoms with Gasteiger partial charge in [0, 0.05) is 9.52 Å². The van der Waals surface area contributed by atoms with Crippen LogP contribution in [0.15, 0.2) is 0 Å². The third-order valence-electron chi connectivity index (χ3n) is 0.808. The van der Waals surface area contributed by atoms with Crippen LogP contribution >= 0.6 is 0 Å². The van der Waals surface area contributed by atoms with Crippen molar-refractivity contribution in [3.63, 3.8) is 0 Å². The second kappa shape index (κ2) is 1.75. The predicted octanol–water partition coefficient (Wildman–Crippen LogP) is -0.288. The van der Waals surface area contributed by atoms with E-state index in [1.165, 1.54) is 0 Å². The summed E-state index contributed by atoms with van der Waals surface area (Å²) in [6.07, 6.45) is 0.